The van der Waals surface area contributed by atoms with Gasteiger partial charge in [0.1, 0.15) is 0 Å². The Morgan fingerprint density at radius 2 is 1.71 bits per heavy atom. The summed E-state index contributed by atoms with van der Waals surface area (Å²) in [6, 6.07) is 14.9. The molecule has 0 saturated carbocycles. The largest absolute Gasteiger partial charge is 0.380 e. The van der Waals surface area contributed by atoms with E-state index in [1.807, 2.05) is 37.3 Å². The van der Waals surface area contributed by atoms with Gasteiger partial charge in [0.15, 0.2) is 9.84 Å². The fourth-order valence-corrected chi connectivity index (χ4v) is 4.04. The van der Waals surface area contributed by atoms with E-state index in [1.54, 1.807) is 18.2 Å². The second kappa shape index (κ2) is 7.09. The van der Waals surface area contributed by atoms with Crippen LogP contribution in [0.1, 0.15) is 18.9 Å². The number of halogens is 1. The Hall–Kier alpha value is -1.33. The topological polar surface area (TPSA) is 46.2 Å². The van der Waals surface area contributed by atoms with Crippen LogP contribution in [-0.2, 0) is 16.4 Å². The number of anilines is 1. The van der Waals surface area contributed by atoms with E-state index in [9.17, 15) is 8.42 Å². The van der Waals surface area contributed by atoms with E-state index in [1.165, 1.54) is 0 Å². The van der Waals surface area contributed by atoms with Gasteiger partial charge >= 0.3 is 0 Å². The molecule has 0 atom stereocenters. The van der Waals surface area contributed by atoms with Crippen molar-refractivity contribution in [3.8, 4) is 0 Å². The highest BCUT2D eigenvalue weighted by atomic mass is 79.9. The van der Waals surface area contributed by atoms with Gasteiger partial charge in [-0.15, -0.1) is 0 Å². The standard InChI is InChI=1S/C16H18BrNO2S/c1-2-11-21(19,20)16-10-6-5-9-15(16)18-12-13-7-3-4-8-14(13)17/h3-10,18H,2,11-12H2,1H3. The molecular weight excluding hydrogens is 350 g/mol. The van der Waals surface area contributed by atoms with E-state index in [2.05, 4.69) is 21.2 Å². The predicted octanol–water partition coefficient (Wildman–Crippen LogP) is 4.24. The van der Waals surface area contributed by atoms with Crippen LogP contribution in [0.15, 0.2) is 57.9 Å². The molecule has 0 aliphatic carbocycles. The van der Waals surface area contributed by atoms with Crippen LogP contribution in [0.25, 0.3) is 0 Å². The first kappa shape index (κ1) is 16.0. The van der Waals surface area contributed by atoms with Gasteiger partial charge < -0.3 is 5.32 Å². The molecule has 0 heterocycles. The van der Waals surface area contributed by atoms with E-state index >= 15 is 0 Å². The van der Waals surface area contributed by atoms with Gasteiger partial charge in [0.05, 0.1) is 16.3 Å². The molecule has 1 N–H and O–H groups in total. The summed E-state index contributed by atoms with van der Waals surface area (Å²) >= 11 is 3.49. The Morgan fingerprint density at radius 3 is 2.43 bits per heavy atom. The monoisotopic (exact) mass is 367 g/mol. The summed E-state index contributed by atoms with van der Waals surface area (Å²) in [6.45, 7) is 2.44. The molecule has 0 aliphatic rings. The highest BCUT2D eigenvalue weighted by molar-refractivity contribution is 9.10. The fraction of sp³-hybridized carbons (Fsp3) is 0.250. The first-order valence-electron chi connectivity index (χ1n) is 6.83. The first-order chi connectivity index (χ1) is 10.0. The highest BCUT2D eigenvalue weighted by Gasteiger charge is 2.17. The van der Waals surface area contributed by atoms with Crippen LogP contribution in [0.3, 0.4) is 0 Å². The van der Waals surface area contributed by atoms with Gasteiger partial charge in [0, 0.05) is 11.0 Å². The molecule has 2 aromatic rings. The Kier molecular flexibility index (Phi) is 5.42. The number of hydrogen-bond donors (Lipinski definition) is 1. The van der Waals surface area contributed by atoms with Crippen LogP contribution >= 0.6 is 15.9 Å². The Balaban J connectivity index is 2.24. The molecule has 0 amide bonds. The average Bonchev–Trinajstić information content (AvgIpc) is 2.47. The minimum atomic E-state index is -3.23. The van der Waals surface area contributed by atoms with Crippen LogP contribution in [0.5, 0.6) is 0 Å². The van der Waals surface area contributed by atoms with Gasteiger partial charge in [-0.2, -0.15) is 0 Å². The zero-order valence-corrected chi connectivity index (χ0v) is 14.2. The van der Waals surface area contributed by atoms with Crippen molar-refractivity contribution in [1.29, 1.82) is 0 Å². The molecule has 3 nitrogen and oxygen atoms in total. The second-order valence-corrected chi connectivity index (χ2v) is 7.69. The molecule has 0 aliphatic heterocycles. The predicted molar refractivity (Wildman–Crippen MR) is 90.3 cm³/mol. The summed E-state index contributed by atoms with van der Waals surface area (Å²) in [5.74, 6) is 0.167. The van der Waals surface area contributed by atoms with Gasteiger partial charge in [-0.25, -0.2) is 8.42 Å². The maximum absolute atomic E-state index is 12.3. The lowest BCUT2D eigenvalue weighted by atomic mass is 10.2. The number of benzene rings is 2. The molecule has 5 heteroatoms. The summed E-state index contributed by atoms with van der Waals surface area (Å²) in [6.07, 6.45) is 0.612. The molecule has 0 spiro atoms. The van der Waals surface area contributed by atoms with Crippen molar-refractivity contribution in [1.82, 2.24) is 0 Å². The Labute approximate surface area is 134 Å². The molecule has 112 valence electrons. The third-order valence-electron chi connectivity index (χ3n) is 3.12. The maximum atomic E-state index is 12.3. The van der Waals surface area contributed by atoms with Crippen LogP contribution in [-0.4, -0.2) is 14.2 Å². The van der Waals surface area contributed by atoms with Crippen LogP contribution < -0.4 is 5.32 Å². The summed E-state index contributed by atoms with van der Waals surface area (Å²) < 4.78 is 25.6. The minimum absolute atomic E-state index is 0.167. The van der Waals surface area contributed by atoms with Crippen molar-refractivity contribution >= 4 is 31.5 Å². The number of sulfone groups is 1. The molecule has 2 rings (SSSR count). The van der Waals surface area contributed by atoms with Gasteiger partial charge in [0.25, 0.3) is 0 Å². The molecule has 0 bridgehead atoms. The van der Waals surface area contributed by atoms with Crippen LogP contribution in [0.4, 0.5) is 5.69 Å². The van der Waals surface area contributed by atoms with Crippen LogP contribution in [0.2, 0.25) is 0 Å². The van der Waals surface area contributed by atoms with E-state index < -0.39 is 9.84 Å². The SMILES string of the molecule is CCCS(=O)(=O)c1ccccc1NCc1ccccc1Br. The zero-order valence-electron chi connectivity index (χ0n) is 11.8. The smallest absolute Gasteiger partial charge is 0.180 e. The van der Waals surface area contributed by atoms with E-state index in [4.69, 9.17) is 0 Å². The van der Waals surface area contributed by atoms with Crippen molar-refractivity contribution in [2.24, 2.45) is 0 Å². The number of hydrogen-bond acceptors (Lipinski definition) is 3. The second-order valence-electron chi connectivity index (χ2n) is 4.76. The summed E-state index contributed by atoms with van der Waals surface area (Å²) in [7, 11) is -3.23. The average molecular weight is 368 g/mol. The van der Waals surface area contributed by atoms with Gasteiger partial charge in [0.2, 0.25) is 0 Å². The van der Waals surface area contributed by atoms with E-state index in [0.717, 1.165) is 10.0 Å². The normalized spacial score (nSPS) is 11.3. The molecule has 0 fully saturated rings. The molecular formula is C16H18BrNO2S. The third kappa shape index (κ3) is 4.08. The fourth-order valence-electron chi connectivity index (χ4n) is 2.09. The number of rotatable bonds is 6. The maximum Gasteiger partial charge on any atom is 0.180 e. The van der Waals surface area contributed by atoms with E-state index in [-0.39, 0.29) is 5.75 Å². The molecule has 0 saturated heterocycles. The van der Waals surface area contributed by atoms with Crippen molar-refractivity contribution < 1.29 is 8.42 Å². The lowest BCUT2D eigenvalue weighted by Crippen LogP contribution is -2.10. The van der Waals surface area contributed by atoms with Crippen molar-refractivity contribution in [2.75, 3.05) is 11.1 Å². The van der Waals surface area contributed by atoms with Gasteiger partial charge in [-0.05, 0) is 30.2 Å². The minimum Gasteiger partial charge on any atom is -0.380 e. The molecule has 2 aromatic carbocycles. The first-order valence-corrected chi connectivity index (χ1v) is 9.28. The lowest BCUT2D eigenvalue weighted by Gasteiger charge is -2.13. The van der Waals surface area contributed by atoms with Gasteiger partial charge in [-0.1, -0.05) is 53.2 Å². The summed E-state index contributed by atoms with van der Waals surface area (Å²) in [5.41, 5.74) is 1.74. The number of nitrogens with one attached hydrogen (secondary N) is 1. The lowest BCUT2D eigenvalue weighted by molar-refractivity contribution is 0.595. The van der Waals surface area contributed by atoms with E-state index in [0.29, 0.717) is 23.5 Å². The Morgan fingerprint density at radius 1 is 1.05 bits per heavy atom. The molecule has 0 aromatic heterocycles. The molecule has 21 heavy (non-hydrogen) atoms. The van der Waals surface area contributed by atoms with Crippen molar-refractivity contribution in [3.05, 3.63) is 58.6 Å². The quantitative estimate of drug-likeness (QED) is 0.829. The third-order valence-corrected chi connectivity index (χ3v) is 5.87. The van der Waals surface area contributed by atoms with Crippen molar-refractivity contribution in [2.45, 2.75) is 24.8 Å². The summed E-state index contributed by atoms with van der Waals surface area (Å²) in [4.78, 5) is 0.374. The molecule has 0 radical (unpaired) electrons. The van der Waals surface area contributed by atoms with Crippen molar-refractivity contribution in [3.63, 3.8) is 0 Å². The zero-order chi connectivity index (χ0) is 15.3. The number of para-hydroxylation sites is 1. The van der Waals surface area contributed by atoms with Gasteiger partial charge in [-0.3, -0.25) is 0 Å². The molecule has 0 unspecified atom stereocenters. The highest BCUT2D eigenvalue weighted by Crippen LogP contribution is 2.24. The van der Waals surface area contributed by atoms with Crippen LogP contribution in [0, 0.1) is 0 Å². The summed E-state index contributed by atoms with van der Waals surface area (Å²) in [5, 5.41) is 3.23. The Bertz CT molecular complexity index is 714.